The van der Waals surface area contributed by atoms with Crippen LogP contribution in [0.3, 0.4) is 0 Å². The third-order valence-electron chi connectivity index (χ3n) is 4.84. The van der Waals surface area contributed by atoms with Crippen LogP contribution in [-0.4, -0.2) is 27.2 Å². The minimum Gasteiger partial charge on any atom is -0.365 e. The molecule has 2 aromatic rings. The van der Waals surface area contributed by atoms with Crippen LogP contribution in [-0.2, 0) is 22.2 Å². The van der Waals surface area contributed by atoms with Gasteiger partial charge < -0.3 is 16.2 Å². The molecule has 2 aromatic heterocycles. The standard InChI is InChI=1S/C20H28N4O3S/c1-18(2,3)12-8-11(15(21)25)23-24(12)17-13(16(22)26)10-9-19(4,5)27-20(6,7)14(10)28-17/h8H,9H2,1-7H3,(H2,21,25)(H2,22,26). The lowest BCUT2D eigenvalue weighted by molar-refractivity contribution is -0.135. The van der Waals surface area contributed by atoms with Gasteiger partial charge in [-0.25, -0.2) is 4.68 Å². The number of hydrogen-bond donors (Lipinski definition) is 2. The monoisotopic (exact) mass is 404 g/mol. The van der Waals surface area contributed by atoms with Crippen molar-refractivity contribution in [2.75, 3.05) is 0 Å². The zero-order valence-electron chi connectivity index (χ0n) is 17.5. The number of ether oxygens (including phenoxy) is 1. The fraction of sp³-hybridized carbons (Fsp3) is 0.550. The number of amides is 2. The van der Waals surface area contributed by atoms with Crippen molar-refractivity contribution in [2.45, 2.75) is 71.5 Å². The van der Waals surface area contributed by atoms with E-state index in [1.165, 1.54) is 11.3 Å². The molecule has 0 atom stereocenters. The van der Waals surface area contributed by atoms with Crippen LogP contribution < -0.4 is 11.5 Å². The Bertz CT molecular complexity index is 976. The Morgan fingerprint density at radius 3 is 2.29 bits per heavy atom. The van der Waals surface area contributed by atoms with Crippen molar-refractivity contribution in [3.63, 3.8) is 0 Å². The first-order valence-corrected chi connectivity index (χ1v) is 10.0. The second-order valence-corrected chi connectivity index (χ2v) is 10.4. The Hall–Kier alpha value is -2.19. The quantitative estimate of drug-likeness (QED) is 0.818. The molecule has 0 saturated heterocycles. The molecule has 0 unspecified atom stereocenters. The highest BCUT2D eigenvalue weighted by molar-refractivity contribution is 7.15. The summed E-state index contributed by atoms with van der Waals surface area (Å²) in [6, 6.07) is 1.68. The maximum absolute atomic E-state index is 12.5. The van der Waals surface area contributed by atoms with Crippen LogP contribution in [0.15, 0.2) is 6.07 Å². The summed E-state index contributed by atoms with van der Waals surface area (Å²) >= 11 is 1.43. The van der Waals surface area contributed by atoms with Gasteiger partial charge in [-0.05, 0) is 39.3 Å². The minimum atomic E-state index is -0.615. The van der Waals surface area contributed by atoms with Crippen molar-refractivity contribution >= 4 is 23.2 Å². The summed E-state index contributed by atoms with van der Waals surface area (Å²) < 4.78 is 7.91. The normalized spacial score (nSPS) is 18.0. The molecule has 1 aliphatic rings. The van der Waals surface area contributed by atoms with Gasteiger partial charge in [0.1, 0.15) is 5.00 Å². The molecule has 3 heterocycles. The molecule has 0 aromatic carbocycles. The molecule has 0 aliphatic carbocycles. The van der Waals surface area contributed by atoms with Gasteiger partial charge in [0, 0.05) is 16.7 Å². The van der Waals surface area contributed by atoms with Crippen LogP contribution in [0.4, 0.5) is 0 Å². The summed E-state index contributed by atoms with van der Waals surface area (Å²) in [7, 11) is 0. The average Bonchev–Trinajstić information content (AvgIpc) is 3.05. The van der Waals surface area contributed by atoms with E-state index in [0.717, 1.165) is 16.1 Å². The Balaban J connectivity index is 2.35. The van der Waals surface area contributed by atoms with E-state index in [0.29, 0.717) is 17.0 Å². The lowest BCUT2D eigenvalue weighted by Gasteiger charge is -2.41. The van der Waals surface area contributed by atoms with E-state index in [9.17, 15) is 9.59 Å². The summed E-state index contributed by atoms with van der Waals surface area (Å²) in [5.74, 6) is -1.13. The number of nitrogens with zero attached hydrogens (tertiary/aromatic N) is 2. The highest BCUT2D eigenvalue weighted by Crippen LogP contribution is 2.47. The van der Waals surface area contributed by atoms with Gasteiger partial charge in [0.25, 0.3) is 11.8 Å². The molecular weight excluding hydrogens is 376 g/mol. The van der Waals surface area contributed by atoms with Crippen LogP contribution in [0.1, 0.15) is 85.4 Å². The van der Waals surface area contributed by atoms with Crippen LogP contribution in [0.25, 0.3) is 5.00 Å². The van der Waals surface area contributed by atoms with Crippen molar-refractivity contribution in [1.82, 2.24) is 9.78 Å². The Morgan fingerprint density at radius 2 is 1.79 bits per heavy atom. The summed E-state index contributed by atoms with van der Waals surface area (Å²) in [5.41, 5.74) is 12.2. The lowest BCUT2D eigenvalue weighted by atomic mass is 9.86. The number of fused-ring (bicyclic) bond motifs is 1. The maximum atomic E-state index is 12.5. The number of primary amides is 2. The van der Waals surface area contributed by atoms with Crippen molar-refractivity contribution in [2.24, 2.45) is 11.5 Å². The predicted octanol–water partition coefficient (Wildman–Crippen LogP) is 3.02. The van der Waals surface area contributed by atoms with Gasteiger partial charge in [-0.1, -0.05) is 20.8 Å². The predicted molar refractivity (Wildman–Crippen MR) is 109 cm³/mol. The summed E-state index contributed by atoms with van der Waals surface area (Å²) in [4.78, 5) is 25.2. The van der Waals surface area contributed by atoms with Gasteiger partial charge in [-0.15, -0.1) is 11.3 Å². The molecule has 7 nitrogen and oxygen atoms in total. The van der Waals surface area contributed by atoms with Crippen molar-refractivity contribution < 1.29 is 14.3 Å². The average molecular weight is 405 g/mol. The van der Waals surface area contributed by atoms with Crippen molar-refractivity contribution in [1.29, 1.82) is 0 Å². The van der Waals surface area contributed by atoms with Gasteiger partial charge >= 0.3 is 0 Å². The third-order valence-corrected chi connectivity index (χ3v) is 6.35. The molecule has 8 heteroatoms. The Kier molecular flexibility index (Phi) is 4.51. The van der Waals surface area contributed by atoms with Crippen LogP contribution in [0, 0.1) is 0 Å². The highest BCUT2D eigenvalue weighted by atomic mass is 32.1. The molecule has 0 bridgehead atoms. The Labute approximate surface area is 169 Å². The maximum Gasteiger partial charge on any atom is 0.269 e. The number of nitrogens with two attached hydrogens (primary N) is 2. The number of carbonyl (C=O) groups is 2. The second-order valence-electron chi connectivity index (χ2n) is 9.44. The second kappa shape index (κ2) is 6.15. The van der Waals surface area contributed by atoms with E-state index in [-0.39, 0.29) is 11.1 Å². The lowest BCUT2D eigenvalue weighted by Crippen LogP contribution is -2.42. The van der Waals surface area contributed by atoms with Crippen LogP contribution in [0.2, 0.25) is 0 Å². The zero-order chi connectivity index (χ0) is 21.2. The number of hydrogen-bond acceptors (Lipinski definition) is 5. The van der Waals surface area contributed by atoms with E-state index >= 15 is 0 Å². The molecule has 0 radical (unpaired) electrons. The first-order chi connectivity index (χ1) is 12.6. The number of carbonyl (C=O) groups excluding carboxylic acids is 2. The summed E-state index contributed by atoms with van der Waals surface area (Å²) in [5, 5.41) is 5.02. The molecule has 0 saturated carbocycles. The van der Waals surface area contributed by atoms with E-state index < -0.39 is 23.0 Å². The van der Waals surface area contributed by atoms with E-state index in [1.807, 2.05) is 48.5 Å². The fourth-order valence-electron chi connectivity index (χ4n) is 3.90. The Morgan fingerprint density at radius 1 is 1.18 bits per heavy atom. The highest BCUT2D eigenvalue weighted by Gasteiger charge is 2.43. The van der Waals surface area contributed by atoms with Crippen LogP contribution >= 0.6 is 11.3 Å². The van der Waals surface area contributed by atoms with Gasteiger partial charge in [0.05, 0.1) is 22.5 Å². The molecule has 3 rings (SSSR count). The smallest absolute Gasteiger partial charge is 0.269 e. The van der Waals surface area contributed by atoms with Crippen molar-refractivity contribution in [3.8, 4) is 5.00 Å². The SMILES string of the molecule is CC1(C)Cc2c(sc(-n3nc(C(N)=O)cc3C(C)(C)C)c2C(N)=O)C(C)(C)O1. The number of thiophene rings is 1. The molecule has 2 amide bonds. The van der Waals surface area contributed by atoms with E-state index in [2.05, 4.69) is 5.10 Å². The minimum absolute atomic E-state index is 0.155. The molecule has 4 N–H and O–H groups in total. The molecular formula is C20H28N4O3S. The zero-order valence-corrected chi connectivity index (χ0v) is 18.3. The van der Waals surface area contributed by atoms with Gasteiger partial charge in [-0.2, -0.15) is 5.10 Å². The molecule has 0 spiro atoms. The topological polar surface area (TPSA) is 113 Å². The number of aromatic nitrogens is 2. The molecule has 152 valence electrons. The molecule has 1 aliphatic heterocycles. The van der Waals surface area contributed by atoms with E-state index in [4.69, 9.17) is 16.2 Å². The third kappa shape index (κ3) is 3.35. The summed E-state index contributed by atoms with van der Waals surface area (Å²) in [6.45, 7) is 14.0. The first-order valence-electron chi connectivity index (χ1n) is 9.21. The molecule has 0 fully saturated rings. The molecule has 28 heavy (non-hydrogen) atoms. The fourth-order valence-corrected chi connectivity index (χ4v) is 5.23. The van der Waals surface area contributed by atoms with E-state index in [1.54, 1.807) is 10.7 Å². The van der Waals surface area contributed by atoms with Gasteiger partial charge in [-0.3, -0.25) is 9.59 Å². The number of rotatable bonds is 3. The first kappa shape index (κ1) is 20.5. The van der Waals surface area contributed by atoms with Gasteiger partial charge in [0.2, 0.25) is 0 Å². The largest absolute Gasteiger partial charge is 0.365 e. The summed E-state index contributed by atoms with van der Waals surface area (Å²) in [6.07, 6.45) is 0.565. The van der Waals surface area contributed by atoms with Gasteiger partial charge in [0.15, 0.2) is 5.69 Å². The van der Waals surface area contributed by atoms with Crippen LogP contribution in [0.5, 0.6) is 0 Å². The van der Waals surface area contributed by atoms with Crippen molar-refractivity contribution in [3.05, 3.63) is 33.5 Å².